The normalized spacial score (nSPS) is 9.40. The zero-order valence-electron chi connectivity index (χ0n) is 4.96. The van der Waals surface area contributed by atoms with Crippen LogP contribution in [-0.4, -0.2) is 4.98 Å². The van der Waals surface area contributed by atoms with Crippen LogP contribution in [0.1, 0.15) is 0 Å². The topological polar surface area (TPSA) is 28.2 Å². The van der Waals surface area contributed by atoms with E-state index in [4.69, 9.17) is 0 Å². The summed E-state index contributed by atoms with van der Waals surface area (Å²) in [5.41, 5.74) is 0.826. The number of nitrogens with zero attached hydrogens (tertiary/aromatic N) is 2. The molecule has 54 valence electrons. The van der Waals surface area contributed by atoms with Crippen molar-refractivity contribution < 1.29 is 8.96 Å². The highest BCUT2D eigenvalue weighted by molar-refractivity contribution is 5.38. The van der Waals surface area contributed by atoms with Crippen molar-refractivity contribution in [3.8, 4) is 0 Å². The molecule has 0 amide bonds. The molecule has 0 atom stereocenters. The molecule has 0 fully saturated rings. The zero-order valence-corrected chi connectivity index (χ0v) is 4.96. The smallest absolute Gasteiger partial charge is 0.108 e. The molecule has 0 saturated carbocycles. The molecule has 0 saturated heterocycles. The quantitative estimate of drug-likeness (QED) is 0.500. The molecule has 0 spiro atoms. The molecule has 0 aromatic carbocycles. The summed E-state index contributed by atoms with van der Waals surface area (Å²) in [5.74, 6) is 0. The highest BCUT2D eigenvalue weighted by atomic mass is 19.2. The van der Waals surface area contributed by atoms with Gasteiger partial charge < -0.3 is 0 Å². The van der Waals surface area contributed by atoms with Crippen molar-refractivity contribution in [2.24, 2.45) is 0 Å². The van der Waals surface area contributed by atoms with Gasteiger partial charge in [-0.25, -0.2) is 0 Å². The molecule has 1 aromatic rings. The Kier molecular flexibility index (Phi) is 2.11. The first-order valence-corrected chi connectivity index (χ1v) is 2.57. The van der Waals surface area contributed by atoms with E-state index in [-0.39, 0.29) is 10.9 Å². The van der Waals surface area contributed by atoms with E-state index in [1.807, 2.05) is 0 Å². The van der Waals surface area contributed by atoms with Crippen LogP contribution in [0.15, 0.2) is 24.5 Å². The summed E-state index contributed by atoms with van der Waals surface area (Å²) in [4.78, 5) is 3.57. The fraction of sp³-hybridized carbons (Fsp3) is 0. The SMILES string of the molecule is FNN(F)c1cccnc1. The molecule has 0 aliphatic heterocycles. The van der Waals surface area contributed by atoms with Gasteiger partial charge in [0.1, 0.15) is 5.69 Å². The number of hydrogen-bond acceptors (Lipinski definition) is 3. The summed E-state index contributed by atoms with van der Waals surface area (Å²) in [6, 6.07) is 2.87. The van der Waals surface area contributed by atoms with Gasteiger partial charge in [-0.1, -0.05) is 4.48 Å². The van der Waals surface area contributed by atoms with Crippen molar-refractivity contribution in [2.75, 3.05) is 5.23 Å². The minimum Gasteiger partial charge on any atom is -0.262 e. The zero-order chi connectivity index (χ0) is 7.40. The Hall–Kier alpha value is -1.23. The van der Waals surface area contributed by atoms with Crippen molar-refractivity contribution in [3.05, 3.63) is 24.5 Å². The highest BCUT2D eigenvalue weighted by Crippen LogP contribution is 2.08. The maximum absolute atomic E-state index is 12.2. The highest BCUT2D eigenvalue weighted by Gasteiger charge is 2.00. The van der Waals surface area contributed by atoms with Crippen LogP contribution in [0.25, 0.3) is 0 Å². The Balaban J connectivity index is 2.75. The van der Waals surface area contributed by atoms with Crippen molar-refractivity contribution >= 4 is 5.69 Å². The Morgan fingerprint density at radius 1 is 1.60 bits per heavy atom. The average molecular weight is 145 g/mol. The van der Waals surface area contributed by atoms with Gasteiger partial charge in [0.25, 0.3) is 0 Å². The summed E-state index contributed by atoms with van der Waals surface area (Å²) >= 11 is 0. The average Bonchev–Trinajstić information content (AvgIpc) is 2.05. The van der Waals surface area contributed by atoms with Crippen molar-refractivity contribution in [1.29, 1.82) is 0 Å². The van der Waals surface area contributed by atoms with Gasteiger partial charge in [-0.3, -0.25) is 4.98 Å². The van der Waals surface area contributed by atoms with E-state index in [0.717, 1.165) is 5.65 Å². The third kappa shape index (κ3) is 1.38. The molecule has 0 bridgehead atoms. The van der Waals surface area contributed by atoms with Crippen LogP contribution < -0.4 is 10.9 Å². The van der Waals surface area contributed by atoms with E-state index in [1.54, 1.807) is 0 Å². The van der Waals surface area contributed by atoms with Gasteiger partial charge in [0.05, 0.1) is 6.20 Å². The van der Waals surface area contributed by atoms with E-state index in [2.05, 4.69) is 4.98 Å². The molecule has 5 heteroatoms. The van der Waals surface area contributed by atoms with Gasteiger partial charge in [0, 0.05) is 6.20 Å². The third-order valence-corrected chi connectivity index (χ3v) is 0.947. The standard InChI is InChI=1S/C5H5F2N3/c6-9-10(7)5-2-1-3-8-4-5/h1-4,9H. The van der Waals surface area contributed by atoms with E-state index >= 15 is 0 Å². The van der Waals surface area contributed by atoms with Crippen molar-refractivity contribution in [3.63, 3.8) is 0 Å². The Labute approximate surface area is 56.1 Å². The molecule has 1 N–H and O–H groups in total. The summed E-state index contributed by atoms with van der Waals surface area (Å²) < 4.78 is 23.5. The second-order valence-electron chi connectivity index (χ2n) is 1.58. The molecule has 0 aliphatic carbocycles. The fourth-order valence-corrected chi connectivity index (χ4v) is 0.519. The molecule has 1 rings (SSSR count). The number of pyridine rings is 1. The van der Waals surface area contributed by atoms with Gasteiger partial charge in [0.15, 0.2) is 0 Å². The van der Waals surface area contributed by atoms with Gasteiger partial charge in [-0.15, -0.1) is 9.71 Å². The minimum absolute atomic E-state index is 0.0185. The number of rotatable bonds is 2. The summed E-state index contributed by atoms with van der Waals surface area (Å²) in [6.45, 7) is 0. The molecule has 1 heterocycles. The summed E-state index contributed by atoms with van der Waals surface area (Å²) in [5, 5.41) is -0.271. The first kappa shape index (κ1) is 6.88. The Bertz CT molecular complexity index is 191. The minimum atomic E-state index is -0.271. The molecule has 3 nitrogen and oxygen atoms in total. The largest absolute Gasteiger partial charge is 0.262 e. The molecule has 0 radical (unpaired) electrons. The summed E-state index contributed by atoms with van der Waals surface area (Å²) in [7, 11) is 0. The predicted molar refractivity (Wildman–Crippen MR) is 32.1 cm³/mol. The number of nitrogens with one attached hydrogen (secondary N) is 1. The summed E-state index contributed by atoms with van der Waals surface area (Å²) in [6.07, 6.45) is 2.65. The fourth-order valence-electron chi connectivity index (χ4n) is 0.519. The van der Waals surface area contributed by atoms with E-state index in [1.165, 1.54) is 24.5 Å². The molecule has 10 heavy (non-hydrogen) atoms. The molecule has 0 unspecified atom stereocenters. The number of aromatic nitrogens is 1. The van der Waals surface area contributed by atoms with Crippen LogP contribution in [0.4, 0.5) is 14.6 Å². The molecule has 0 aliphatic rings. The predicted octanol–water partition coefficient (Wildman–Crippen LogP) is 1.16. The molecular weight excluding hydrogens is 140 g/mol. The van der Waals surface area contributed by atoms with Crippen molar-refractivity contribution in [2.45, 2.75) is 0 Å². The van der Waals surface area contributed by atoms with E-state index < -0.39 is 0 Å². The lowest BCUT2D eigenvalue weighted by molar-refractivity contribution is 0.215. The maximum Gasteiger partial charge on any atom is 0.108 e. The molecule has 1 aromatic heterocycles. The van der Waals surface area contributed by atoms with Crippen LogP contribution in [0.3, 0.4) is 0 Å². The Morgan fingerprint density at radius 2 is 2.40 bits per heavy atom. The lowest BCUT2D eigenvalue weighted by Crippen LogP contribution is -2.21. The third-order valence-electron chi connectivity index (χ3n) is 0.947. The van der Waals surface area contributed by atoms with E-state index in [0.29, 0.717) is 0 Å². The van der Waals surface area contributed by atoms with Gasteiger partial charge in [0.2, 0.25) is 0 Å². The number of halogens is 2. The second-order valence-corrected chi connectivity index (χ2v) is 1.58. The Morgan fingerprint density at radius 3 is 2.90 bits per heavy atom. The van der Waals surface area contributed by atoms with Crippen LogP contribution in [0, 0.1) is 0 Å². The van der Waals surface area contributed by atoms with Crippen LogP contribution in [0.5, 0.6) is 0 Å². The van der Waals surface area contributed by atoms with Gasteiger partial charge >= 0.3 is 0 Å². The number of hydrogen-bond donors (Lipinski definition) is 1. The second kappa shape index (κ2) is 3.07. The lowest BCUT2D eigenvalue weighted by atomic mass is 10.4. The lowest BCUT2D eigenvalue weighted by Gasteiger charge is -2.05. The van der Waals surface area contributed by atoms with Crippen molar-refractivity contribution in [1.82, 2.24) is 10.6 Å². The van der Waals surface area contributed by atoms with Crippen LogP contribution >= 0.6 is 0 Å². The first-order chi connectivity index (χ1) is 4.84. The number of anilines is 1. The van der Waals surface area contributed by atoms with Crippen LogP contribution in [0.2, 0.25) is 0 Å². The maximum atomic E-state index is 12.2. The van der Waals surface area contributed by atoms with E-state index in [9.17, 15) is 8.96 Å². The number of hydrazine groups is 1. The first-order valence-electron chi connectivity index (χ1n) is 2.57. The van der Waals surface area contributed by atoms with Crippen LogP contribution in [-0.2, 0) is 0 Å². The molecular formula is C5H5F2N3. The monoisotopic (exact) mass is 145 g/mol. The van der Waals surface area contributed by atoms with Gasteiger partial charge in [-0.2, -0.15) is 0 Å². The van der Waals surface area contributed by atoms with Gasteiger partial charge in [-0.05, 0) is 17.8 Å².